The molecule has 2 aliphatic rings. The van der Waals surface area contributed by atoms with Gasteiger partial charge in [-0.15, -0.1) is 0 Å². The molecule has 0 unspecified atom stereocenters. The Hall–Kier alpha value is -0.0400. The summed E-state index contributed by atoms with van der Waals surface area (Å²) in [6, 6.07) is 1.85. The van der Waals surface area contributed by atoms with Crippen molar-refractivity contribution in [3.8, 4) is 0 Å². The van der Waals surface area contributed by atoms with Gasteiger partial charge in [0.15, 0.2) is 0 Å². The summed E-state index contributed by atoms with van der Waals surface area (Å²) in [5, 5.41) is 0. The van der Waals surface area contributed by atoms with Crippen LogP contribution >= 0.6 is 0 Å². The number of hydrogen-bond acceptors (Lipinski definition) is 1. The van der Waals surface area contributed by atoms with Crippen LogP contribution in [0.25, 0.3) is 0 Å². The van der Waals surface area contributed by atoms with Crippen LogP contribution in [0.15, 0.2) is 0 Å². The van der Waals surface area contributed by atoms with Crippen molar-refractivity contribution in [2.75, 3.05) is 7.05 Å². The van der Waals surface area contributed by atoms with Gasteiger partial charge in [0.25, 0.3) is 0 Å². The highest BCUT2D eigenvalue weighted by Gasteiger charge is 2.25. The Balaban J connectivity index is 0.000000606. The zero-order valence-electron chi connectivity index (χ0n) is 11.7. The minimum atomic E-state index is 0.923. The van der Waals surface area contributed by atoms with Gasteiger partial charge in [0.05, 0.1) is 0 Å². The maximum absolute atomic E-state index is 2.72. The average Bonchev–Trinajstić information content (AvgIpc) is 2.42. The summed E-state index contributed by atoms with van der Waals surface area (Å²) in [5.41, 5.74) is 0. The van der Waals surface area contributed by atoms with Gasteiger partial charge < -0.3 is 4.90 Å². The van der Waals surface area contributed by atoms with Gasteiger partial charge >= 0.3 is 0 Å². The van der Waals surface area contributed by atoms with Crippen molar-refractivity contribution >= 4 is 0 Å². The number of hydrogen-bond donors (Lipinski definition) is 0. The normalized spacial score (nSPS) is 24.0. The lowest BCUT2D eigenvalue weighted by Gasteiger charge is -2.39. The summed E-state index contributed by atoms with van der Waals surface area (Å²) >= 11 is 0. The molecule has 0 N–H and O–H groups in total. The molecule has 0 amide bonds. The molecule has 0 aromatic rings. The van der Waals surface area contributed by atoms with E-state index in [1.54, 1.807) is 0 Å². The van der Waals surface area contributed by atoms with E-state index in [1.807, 2.05) is 13.8 Å². The molecule has 1 heteroatoms. The van der Waals surface area contributed by atoms with Crippen LogP contribution in [0.2, 0.25) is 0 Å². The first kappa shape index (κ1) is 14.0. The first-order chi connectivity index (χ1) is 7.88. The van der Waals surface area contributed by atoms with E-state index in [2.05, 4.69) is 11.9 Å². The zero-order valence-corrected chi connectivity index (χ0v) is 11.7. The monoisotopic (exact) mass is 225 g/mol. The van der Waals surface area contributed by atoms with Crippen molar-refractivity contribution in [1.29, 1.82) is 0 Å². The molecule has 16 heavy (non-hydrogen) atoms. The summed E-state index contributed by atoms with van der Waals surface area (Å²) in [6.07, 6.45) is 14.7. The van der Waals surface area contributed by atoms with Crippen molar-refractivity contribution in [2.45, 2.75) is 90.1 Å². The van der Waals surface area contributed by atoms with E-state index in [1.165, 1.54) is 64.2 Å². The maximum Gasteiger partial charge on any atom is 0.00951 e. The first-order valence-electron chi connectivity index (χ1n) is 7.60. The van der Waals surface area contributed by atoms with E-state index in [-0.39, 0.29) is 0 Å². The predicted octanol–water partition coefficient (Wildman–Crippen LogP) is 4.61. The van der Waals surface area contributed by atoms with Gasteiger partial charge in [-0.1, -0.05) is 52.4 Å². The fourth-order valence-corrected chi connectivity index (χ4v) is 3.27. The van der Waals surface area contributed by atoms with Crippen LogP contribution < -0.4 is 0 Å². The lowest BCUT2D eigenvalue weighted by Crippen LogP contribution is -2.42. The van der Waals surface area contributed by atoms with E-state index < -0.39 is 0 Å². The van der Waals surface area contributed by atoms with Gasteiger partial charge in [0.1, 0.15) is 0 Å². The van der Waals surface area contributed by atoms with Crippen LogP contribution in [-0.4, -0.2) is 24.0 Å². The van der Waals surface area contributed by atoms with Crippen LogP contribution in [0.4, 0.5) is 0 Å². The topological polar surface area (TPSA) is 3.24 Å². The third-order valence-corrected chi connectivity index (χ3v) is 4.30. The summed E-state index contributed by atoms with van der Waals surface area (Å²) in [5.74, 6) is 0. The fraction of sp³-hybridized carbons (Fsp3) is 1.00. The maximum atomic E-state index is 2.72. The van der Waals surface area contributed by atoms with E-state index in [0.717, 1.165) is 12.1 Å². The van der Waals surface area contributed by atoms with Crippen LogP contribution in [0.5, 0.6) is 0 Å². The van der Waals surface area contributed by atoms with Crippen molar-refractivity contribution in [3.05, 3.63) is 0 Å². The lowest BCUT2D eigenvalue weighted by atomic mass is 9.89. The van der Waals surface area contributed by atoms with Gasteiger partial charge in [-0.25, -0.2) is 0 Å². The number of rotatable bonds is 2. The van der Waals surface area contributed by atoms with Crippen LogP contribution in [-0.2, 0) is 0 Å². The lowest BCUT2D eigenvalue weighted by molar-refractivity contribution is 0.111. The van der Waals surface area contributed by atoms with Gasteiger partial charge in [0.2, 0.25) is 0 Å². The largest absolute Gasteiger partial charge is 0.300 e. The molecular weight excluding hydrogens is 194 g/mol. The quantitative estimate of drug-likeness (QED) is 0.663. The molecule has 0 bridgehead atoms. The Morgan fingerprint density at radius 2 is 0.938 bits per heavy atom. The Morgan fingerprint density at radius 3 is 1.25 bits per heavy atom. The van der Waals surface area contributed by atoms with Crippen molar-refractivity contribution < 1.29 is 0 Å². The molecule has 0 spiro atoms. The second kappa shape index (κ2) is 8.11. The molecule has 2 aliphatic carbocycles. The minimum Gasteiger partial charge on any atom is -0.300 e. The number of nitrogens with zero attached hydrogens (tertiary/aromatic N) is 1. The molecule has 0 aromatic heterocycles. The molecule has 0 atom stereocenters. The van der Waals surface area contributed by atoms with Crippen LogP contribution in [0.3, 0.4) is 0 Å². The van der Waals surface area contributed by atoms with Gasteiger partial charge in [-0.05, 0) is 32.7 Å². The minimum absolute atomic E-state index is 0.923. The highest BCUT2D eigenvalue weighted by molar-refractivity contribution is 4.81. The standard InChI is InChI=1S/C13H25N.C2H6/c1-14(12-8-4-2-5-9-12)13-10-6-3-7-11-13;1-2/h12-13H,2-11H2,1H3;1-2H3. The predicted molar refractivity (Wildman–Crippen MR) is 72.9 cm³/mol. The third-order valence-electron chi connectivity index (χ3n) is 4.30. The van der Waals surface area contributed by atoms with E-state index in [0.29, 0.717) is 0 Å². The summed E-state index contributed by atoms with van der Waals surface area (Å²) in [6.45, 7) is 4.00. The molecule has 0 aromatic carbocycles. The van der Waals surface area contributed by atoms with Crippen LogP contribution in [0.1, 0.15) is 78.1 Å². The molecule has 2 fully saturated rings. The molecule has 2 saturated carbocycles. The van der Waals surface area contributed by atoms with E-state index in [9.17, 15) is 0 Å². The zero-order chi connectivity index (χ0) is 11.8. The highest BCUT2D eigenvalue weighted by atomic mass is 15.2. The Bertz CT molecular complexity index is 137. The Morgan fingerprint density at radius 1 is 0.625 bits per heavy atom. The summed E-state index contributed by atoms with van der Waals surface area (Å²) in [7, 11) is 2.38. The third kappa shape index (κ3) is 4.08. The average molecular weight is 225 g/mol. The van der Waals surface area contributed by atoms with Crippen molar-refractivity contribution in [1.82, 2.24) is 4.90 Å². The van der Waals surface area contributed by atoms with Gasteiger partial charge in [0, 0.05) is 12.1 Å². The van der Waals surface area contributed by atoms with Crippen molar-refractivity contribution in [3.63, 3.8) is 0 Å². The Kier molecular flexibility index (Phi) is 7.11. The second-order valence-electron chi connectivity index (χ2n) is 5.25. The van der Waals surface area contributed by atoms with Gasteiger partial charge in [-0.2, -0.15) is 0 Å². The van der Waals surface area contributed by atoms with Crippen molar-refractivity contribution in [2.24, 2.45) is 0 Å². The SMILES string of the molecule is CC.CN(C1CCCCC1)C1CCCCC1. The summed E-state index contributed by atoms with van der Waals surface area (Å²) < 4.78 is 0. The molecular formula is C15H31N. The summed E-state index contributed by atoms with van der Waals surface area (Å²) in [4.78, 5) is 2.72. The van der Waals surface area contributed by atoms with Gasteiger partial charge in [-0.3, -0.25) is 0 Å². The highest BCUT2D eigenvalue weighted by Crippen LogP contribution is 2.28. The molecule has 0 radical (unpaired) electrons. The molecule has 1 nitrogen and oxygen atoms in total. The Labute approximate surface area is 103 Å². The molecule has 96 valence electrons. The fourth-order valence-electron chi connectivity index (χ4n) is 3.27. The van der Waals surface area contributed by atoms with E-state index in [4.69, 9.17) is 0 Å². The molecule has 2 rings (SSSR count). The first-order valence-corrected chi connectivity index (χ1v) is 7.60. The van der Waals surface area contributed by atoms with Crippen LogP contribution in [0, 0.1) is 0 Å². The molecule has 0 saturated heterocycles. The van der Waals surface area contributed by atoms with E-state index >= 15 is 0 Å². The molecule has 0 heterocycles. The molecule has 0 aliphatic heterocycles. The smallest absolute Gasteiger partial charge is 0.00951 e. The second-order valence-corrected chi connectivity index (χ2v) is 5.25.